The van der Waals surface area contributed by atoms with Crippen LogP contribution < -0.4 is 11.1 Å². The zero-order valence-corrected chi connectivity index (χ0v) is 13.3. The first-order valence-corrected chi connectivity index (χ1v) is 7.53. The molecule has 0 aliphatic heterocycles. The summed E-state index contributed by atoms with van der Waals surface area (Å²) in [5.74, 6) is -0.409. The molecule has 3 nitrogen and oxygen atoms in total. The van der Waals surface area contributed by atoms with E-state index < -0.39 is 11.9 Å². The molecule has 1 aromatic heterocycles. The van der Waals surface area contributed by atoms with Crippen LogP contribution in [0.1, 0.15) is 15.8 Å². The van der Waals surface area contributed by atoms with Crippen molar-refractivity contribution in [2.45, 2.75) is 13.0 Å². The number of carbonyl (C=O) groups excluding carboxylic acids is 1. The Labute approximate surface area is 128 Å². The van der Waals surface area contributed by atoms with Gasteiger partial charge < -0.3 is 11.1 Å². The van der Waals surface area contributed by atoms with Crippen LogP contribution in [-0.4, -0.2) is 5.91 Å². The Balaban J connectivity index is 2.26. The van der Waals surface area contributed by atoms with Crippen LogP contribution in [0.15, 0.2) is 34.8 Å². The van der Waals surface area contributed by atoms with Crippen molar-refractivity contribution in [2.75, 3.05) is 5.32 Å². The molecular formula is C13H12BrClN2OS. The van der Waals surface area contributed by atoms with Gasteiger partial charge in [-0.3, -0.25) is 4.79 Å². The Hall–Kier alpha value is -1.04. The number of hydrogen-bond donors (Lipinski definition) is 2. The van der Waals surface area contributed by atoms with Crippen molar-refractivity contribution in [1.29, 1.82) is 0 Å². The number of hydrogen-bond acceptors (Lipinski definition) is 3. The van der Waals surface area contributed by atoms with Crippen LogP contribution >= 0.6 is 38.9 Å². The van der Waals surface area contributed by atoms with Crippen LogP contribution in [0.25, 0.3) is 0 Å². The highest BCUT2D eigenvalue weighted by Gasteiger charge is 2.19. The van der Waals surface area contributed by atoms with Crippen molar-refractivity contribution in [3.8, 4) is 0 Å². The first-order chi connectivity index (χ1) is 8.97. The van der Waals surface area contributed by atoms with Gasteiger partial charge >= 0.3 is 0 Å². The number of halogens is 2. The minimum atomic E-state index is -0.535. The van der Waals surface area contributed by atoms with Crippen LogP contribution in [0, 0.1) is 6.92 Å². The average Bonchev–Trinajstić information content (AvgIpc) is 2.76. The van der Waals surface area contributed by atoms with E-state index in [0.717, 1.165) is 19.9 Å². The van der Waals surface area contributed by atoms with Crippen molar-refractivity contribution >= 4 is 50.5 Å². The predicted octanol–water partition coefficient (Wildman–Crippen LogP) is 4.11. The lowest BCUT2D eigenvalue weighted by Gasteiger charge is -2.15. The topological polar surface area (TPSA) is 55.1 Å². The third-order valence-electron chi connectivity index (χ3n) is 2.56. The normalized spacial score (nSPS) is 12.2. The van der Waals surface area contributed by atoms with E-state index in [-0.39, 0.29) is 0 Å². The van der Waals surface area contributed by atoms with Gasteiger partial charge in [0.05, 0.1) is 5.02 Å². The summed E-state index contributed by atoms with van der Waals surface area (Å²) in [7, 11) is 0. The summed E-state index contributed by atoms with van der Waals surface area (Å²) in [4.78, 5) is 13.6. The van der Waals surface area contributed by atoms with E-state index in [0.29, 0.717) is 5.02 Å². The molecular weight excluding hydrogens is 348 g/mol. The second-order valence-corrected chi connectivity index (χ2v) is 6.64. The highest BCUT2D eigenvalue weighted by atomic mass is 79.9. The number of amides is 1. The van der Waals surface area contributed by atoms with Crippen molar-refractivity contribution in [3.05, 3.63) is 49.6 Å². The molecule has 3 N–H and O–H groups in total. The largest absolute Gasteiger partial charge is 0.369 e. The van der Waals surface area contributed by atoms with Crippen LogP contribution in [0.5, 0.6) is 0 Å². The number of anilines is 1. The molecule has 1 unspecified atom stereocenters. The van der Waals surface area contributed by atoms with Gasteiger partial charge in [-0.15, -0.1) is 11.3 Å². The third kappa shape index (κ3) is 3.49. The molecule has 0 saturated carbocycles. The lowest BCUT2D eigenvalue weighted by molar-refractivity contribution is -0.118. The van der Waals surface area contributed by atoms with Gasteiger partial charge in [0.15, 0.2) is 0 Å². The summed E-state index contributed by atoms with van der Waals surface area (Å²) in [5.41, 5.74) is 6.24. The zero-order chi connectivity index (χ0) is 14.0. The fraction of sp³-hybridized carbons (Fsp3) is 0.154. The number of rotatable bonds is 4. The van der Waals surface area contributed by atoms with Gasteiger partial charge in [-0.2, -0.15) is 0 Å². The highest BCUT2D eigenvalue weighted by Crippen LogP contribution is 2.29. The van der Waals surface area contributed by atoms with Crippen LogP contribution in [0.2, 0.25) is 5.02 Å². The molecule has 1 aromatic carbocycles. The lowest BCUT2D eigenvalue weighted by Crippen LogP contribution is -2.26. The molecule has 0 aliphatic carbocycles. The summed E-state index contributed by atoms with van der Waals surface area (Å²) in [6.45, 7) is 1.99. The Morgan fingerprint density at radius 1 is 1.42 bits per heavy atom. The molecule has 1 heterocycles. The third-order valence-corrected chi connectivity index (χ3v) is 4.84. The van der Waals surface area contributed by atoms with Gasteiger partial charge in [0.25, 0.3) is 0 Å². The maximum absolute atomic E-state index is 11.6. The van der Waals surface area contributed by atoms with Crippen LogP contribution in [0.4, 0.5) is 5.69 Å². The summed E-state index contributed by atoms with van der Waals surface area (Å²) in [5, 5.41) is 3.74. The summed E-state index contributed by atoms with van der Waals surface area (Å²) in [6, 6.07) is 8.73. The molecule has 2 rings (SSSR count). The molecule has 2 aromatic rings. The Bertz CT molecular complexity index is 614. The molecule has 1 atom stereocenters. The molecule has 1 amide bonds. The standard InChI is InChI=1S/C13H12BrClN2OS/c1-7-2-5-11(19-7)12(13(16)18)17-8-3-4-10(15)9(14)6-8/h2-6,12,17H,1H3,(H2,16,18). The van der Waals surface area contributed by atoms with E-state index in [9.17, 15) is 4.79 Å². The number of aryl methyl sites for hydroxylation is 1. The van der Waals surface area contributed by atoms with Crippen molar-refractivity contribution in [3.63, 3.8) is 0 Å². The van der Waals surface area contributed by atoms with Crippen molar-refractivity contribution in [1.82, 2.24) is 0 Å². The van der Waals surface area contributed by atoms with Gasteiger partial charge in [-0.05, 0) is 53.2 Å². The van der Waals surface area contributed by atoms with Crippen molar-refractivity contribution in [2.24, 2.45) is 5.73 Å². The molecule has 0 fully saturated rings. The SMILES string of the molecule is Cc1ccc(C(Nc2ccc(Cl)c(Br)c2)C(N)=O)s1. The smallest absolute Gasteiger partial charge is 0.245 e. The van der Waals surface area contributed by atoms with Gasteiger partial charge in [0.2, 0.25) is 5.91 Å². The Kier molecular flexibility index (Phi) is 4.50. The van der Waals surface area contributed by atoms with Crippen molar-refractivity contribution < 1.29 is 4.79 Å². The minimum absolute atomic E-state index is 0.409. The van der Waals surface area contributed by atoms with Crippen LogP contribution in [0.3, 0.4) is 0 Å². The van der Waals surface area contributed by atoms with Gasteiger partial charge in [-0.25, -0.2) is 0 Å². The number of carbonyl (C=O) groups is 1. The molecule has 0 radical (unpaired) electrons. The molecule has 0 bridgehead atoms. The Morgan fingerprint density at radius 3 is 2.68 bits per heavy atom. The molecule has 6 heteroatoms. The number of nitrogens with two attached hydrogens (primary N) is 1. The highest BCUT2D eigenvalue weighted by molar-refractivity contribution is 9.10. The number of benzene rings is 1. The van der Waals surface area contributed by atoms with Gasteiger partial charge in [0.1, 0.15) is 6.04 Å². The first-order valence-electron chi connectivity index (χ1n) is 5.54. The molecule has 0 aliphatic rings. The van der Waals surface area contributed by atoms with E-state index >= 15 is 0 Å². The van der Waals surface area contributed by atoms with Crippen LogP contribution in [-0.2, 0) is 4.79 Å². The quantitative estimate of drug-likeness (QED) is 0.863. The number of thiophene rings is 1. The maximum Gasteiger partial charge on any atom is 0.245 e. The van der Waals surface area contributed by atoms with E-state index in [1.807, 2.05) is 31.2 Å². The summed E-state index contributed by atoms with van der Waals surface area (Å²) >= 11 is 10.8. The van der Waals surface area contributed by atoms with E-state index in [2.05, 4.69) is 21.2 Å². The molecule has 0 spiro atoms. The first kappa shape index (κ1) is 14.4. The fourth-order valence-corrected chi connectivity index (χ4v) is 3.08. The second kappa shape index (κ2) is 5.94. The summed E-state index contributed by atoms with van der Waals surface area (Å²) in [6.07, 6.45) is 0. The van der Waals surface area contributed by atoms with E-state index in [1.54, 1.807) is 17.4 Å². The average molecular weight is 360 g/mol. The number of nitrogens with one attached hydrogen (secondary N) is 1. The van der Waals surface area contributed by atoms with E-state index in [4.69, 9.17) is 17.3 Å². The fourth-order valence-electron chi connectivity index (χ4n) is 1.64. The van der Waals surface area contributed by atoms with Gasteiger partial charge in [0, 0.05) is 19.9 Å². The summed E-state index contributed by atoms with van der Waals surface area (Å²) < 4.78 is 0.768. The lowest BCUT2D eigenvalue weighted by atomic mass is 10.2. The maximum atomic E-state index is 11.6. The second-order valence-electron chi connectivity index (χ2n) is 4.06. The number of primary amides is 1. The molecule has 0 saturated heterocycles. The predicted molar refractivity (Wildman–Crippen MR) is 83.8 cm³/mol. The molecule has 100 valence electrons. The minimum Gasteiger partial charge on any atom is -0.369 e. The monoisotopic (exact) mass is 358 g/mol. The van der Waals surface area contributed by atoms with E-state index in [1.165, 1.54) is 0 Å². The molecule has 19 heavy (non-hydrogen) atoms. The zero-order valence-electron chi connectivity index (χ0n) is 10.1. The van der Waals surface area contributed by atoms with Gasteiger partial charge in [-0.1, -0.05) is 11.6 Å². The Morgan fingerprint density at radius 2 is 2.16 bits per heavy atom.